The molecule has 0 aliphatic heterocycles. The highest BCUT2D eigenvalue weighted by Gasteiger charge is 2.04. The van der Waals surface area contributed by atoms with E-state index in [9.17, 15) is 8.78 Å². The number of nitrogens with two attached hydrogens (primary N) is 1. The Morgan fingerprint density at radius 1 is 1.11 bits per heavy atom. The SMILES string of the molecule is Nc1ccc(OCc2ccc(F)cc2Br)cc1F. The Bertz CT molecular complexity index is 575. The van der Waals surface area contributed by atoms with Gasteiger partial charge in [0.1, 0.15) is 24.0 Å². The summed E-state index contributed by atoms with van der Waals surface area (Å²) in [5.41, 5.74) is 6.20. The molecule has 2 nitrogen and oxygen atoms in total. The number of anilines is 1. The molecule has 0 bridgehead atoms. The first-order chi connectivity index (χ1) is 8.56. The number of benzene rings is 2. The van der Waals surface area contributed by atoms with Gasteiger partial charge in [0.25, 0.3) is 0 Å². The maximum absolute atomic E-state index is 13.2. The average molecular weight is 314 g/mol. The smallest absolute Gasteiger partial charge is 0.149 e. The summed E-state index contributed by atoms with van der Waals surface area (Å²) in [6.45, 7) is 0.213. The summed E-state index contributed by atoms with van der Waals surface area (Å²) in [5, 5.41) is 0. The molecule has 0 spiro atoms. The van der Waals surface area contributed by atoms with E-state index >= 15 is 0 Å². The zero-order valence-electron chi connectivity index (χ0n) is 9.29. The molecule has 0 aliphatic rings. The Morgan fingerprint density at radius 3 is 2.56 bits per heavy atom. The monoisotopic (exact) mass is 313 g/mol. The van der Waals surface area contributed by atoms with Crippen LogP contribution in [0.5, 0.6) is 5.75 Å². The van der Waals surface area contributed by atoms with Crippen LogP contribution < -0.4 is 10.5 Å². The fourth-order valence-electron chi connectivity index (χ4n) is 1.40. The second-order valence-electron chi connectivity index (χ2n) is 3.71. The van der Waals surface area contributed by atoms with Crippen LogP contribution in [0.15, 0.2) is 40.9 Å². The lowest BCUT2D eigenvalue weighted by atomic mass is 10.2. The van der Waals surface area contributed by atoms with Crippen LogP contribution in [0.25, 0.3) is 0 Å². The lowest BCUT2D eigenvalue weighted by Crippen LogP contribution is -1.98. The molecule has 2 aromatic rings. The number of rotatable bonds is 3. The number of halogens is 3. The van der Waals surface area contributed by atoms with Crippen molar-refractivity contribution in [2.45, 2.75) is 6.61 Å². The standard InChI is InChI=1S/C13H10BrF2NO/c14-11-5-9(15)2-1-8(11)7-18-10-3-4-13(17)12(16)6-10/h1-6H,7,17H2. The lowest BCUT2D eigenvalue weighted by Gasteiger charge is -2.08. The van der Waals surface area contributed by atoms with Crippen molar-refractivity contribution < 1.29 is 13.5 Å². The van der Waals surface area contributed by atoms with Crippen LogP contribution in [0.4, 0.5) is 14.5 Å². The van der Waals surface area contributed by atoms with Gasteiger partial charge in [0.15, 0.2) is 0 Å². The van der Waals surface area contributed by atoms with E-state index < -0.39 is 5.82 Å². The van der Waals surface area contributed by atoms with E-state index in [4.69, 9.17) is 10.5 Å². The van der Waals surface area contributed by atoms with Gasteiger partial charge in [0.2, 0.25) is 0 Å². The van der Waals surface area contributed by atoms with Crippen molar-refractivity contribution in [2.24, 2.45) is 0 Å². The fraction of sp³-hybridized carbons (Fsp3) is 0.0769. The molecule has 2 N–H and O–H groups in total. The van der Waals surface area contributed by atoms with Gasteiger partial charge in [0, 0.05) is 16.1 Å². The van der Waals surface area contributed by atoms with Crippen molar-refractivity contribution >= 4 is 21.6 Å². The van der Waals surface area contributed by atoms with Gasteiger partial charge in [-0.1, -0.05) is 22.0 Å². The molecule has 0 radical (unpaired) electrons. The van der Waals surface area contributed by atoms with E-state index in [0.29, 0.717) is 10.2 Å². The summed E-state index contributed by atoms with van der Waals surface area (Å²) in [6, 6.07) is 8.52. The fourth-order valence-corrected chi connectivity index (χ4v) is 1.86. The van der Waals surface area contributed by atoms with Crippen molar-refractivity contribution in [3.63, 3.8) is 0 Å². The molecule has 2 aromatic carbocycles. The third kappa shape index (κ3) is 2.98. The predicted molar refractivity (Wildman–Crippen MR) is 69.2 cm³/mol. The lowest BCUT2D eigenvalue weighted by molar-refractivity contribution is 0.304. The highest BCUT2D eigenvalue weighted by atomic mass is 79.9. The van der Waals surface area contributed by atoms with Gasteiger partial charge in [0.05, 0.1) is 5.69 Å². The molecule has 0 aliphatic carbocycles. The van der Waals surface area contributed by atoms with Crippen LogP contribution in [0.2, 0.25) is 0 Å². The van der Waals surface area contributed by atoms with Crippen molar-refractivity contribution in [3.05, 3.63) is 58.1 Å². The van der Waals surface area contributed by atoms with Gasteiger partial charge in [-0.25, -0.2) is 8.78 Å². The van der Waals surface area contributed by atoms with E-state index in [2.05, 4.69) is 15.9 Å². The number of ether oxygens (including phenoxy) is 1. The molecular weight excluding hydrogens is 304 g/mol. The molecule has 0 amide bonds. The minimum atomic E-state index is -0.523. The Hall–Kier alpha value is -1.62. The molecule has 5 heteroatoms. The van der Waals surface area contributed by atoms with E-state index in [1.54, 1.807) is 12.1 Å². The minimum Gasteiger partial charge on any atom is -0.489 e. The maximum atomic E-state index is 13.2. The predicted octanol–water partition coefficient (Wildman–Crippen LogP) is 3.89. The third-order valence-electron chi connectivity index (χ3n) is 2.38. The number of nitrogen functional groups attached to an aromatic ring is 1. The van der Waals surface area contributed by atoms with Crippen LogP contribution in [-0.4, -0.2) is 0 Å². The Labute approximate surface area is 112 Å². The Balaban J connectivity index is 2.09. The summed E-state index contributed by atoms with van der Waals surface area (Å²) in [5.74, 6) is -0.479. The molecular formula is C13H10BrF2NO. The average Bonchev–Trinajstić information content (AvgIpc) is 2.32. The molecule has 0 saturated carbocycles. The quantitative estimate of drug-likeness (QED) is 0.873. The van der Waals surface area contributed by atoms with E-state index in [1.807, 2.05) is 0 Å². The summed E-state index contributed by atoms with van der Waals surface area (Å²) >= 11 is 3.23. The molecule has 0 atom stereocenters. The topological polar surface area (TPSA) is 35.2 Å². The normalized spacial score (nSPS) is 10.4. The van der Waals surface area contributed by atoms with Gasteiger partial charge in [-0.15, -0.1) is 0 Å². The molecule has 94 valence electrons. The second kappa shape index (κ2) is 5.35. The zero-order valence-corrected chi connectivity index (χ0v) is 10.9. The van der Waals surface area contributed by atoms with Gasteiger partial charge >= 0.3 is 0 Å². The van der Waals surface area contributed by atoms with Crippen LogP contribution in [0.3, 0.4) is 0 Å². The van der Waals surface area contributed by atoms with Crippen LogP contribution >= 0.6 is 15.9 Å². The van der Waals surface area contributed by atoms with Gasteiger partial charge in [-0.05, 0) is 24.3 Å². The summed E-state index contributed by atoms with van der Waals surface area (Å²) in [6.07, 6.45) is 0. The molecule has 0 fully saturated rings. The van der Waals surface area contributed by atoms with E-state index in [0.717, 1.165) is 5.56 Å². The highest BCUT2D eigenvalue weighted by Crippen LogP contribution is 2.22. The first kappa shape index (κ1) is 12.8. The summed E-state index contributed by atoms with van der Waals surface area (Å²) in [4.78, 5) is 0. The molecule has 18 heavy (non-hydrogen) atoms. The van der Waals surface area contributed by atoms with E-state index in [1.165, 1.54) is 24.3 Å². The van der Waals surface area contributed by atoms with Crippen LogP contribution in [-0.2, 0) is 6.61 Å². The van der Waals surface area contributed by atoms with Crippen molar-refractivity contribution in [1.82, 2.24) is 0 Å². The first-order valence-corrected chi connectivity index (χ1v) is 5.97. The highest BCUT2D eigenvalue weighted by molar-refractivity contribution is 9.10. The van der Waals surface area contributed by atoms with Crippen molar-refractivity contribution in [1.29, 1.82) is 0 Å². The number of hydrogen-bond donors (Lipinski definition) is 1. The van der Waals surface area contributed by atoms with Crippen molar-refractivity contribution in [2.75, 3.05) is 5.73 Å². The molecule has 0 heterocycles. The third-order valence-corrected chi connectivity index (χ3v) is 3.12. The second-order valence-corrected chi connectivity index (χ2v) is 4.56. The molecule has 0 aromatic heterocycles. The minimum absolute atomic E-state index is 0.0744. The first-order valence-electron chi connectivity index (χ1n) is 5.18. The number of hydrogen-bond acceptors (Lipinski definition) is 2. The van der Waals surface area contributed by atoms with Gasteiger partial charge in [-0.2, -0.15) is 0 Å². The van der Waals surface area contributed by atoms with Crippen LogP contribution in [0.1, 0.15) is 5.56 Å². The van der Waals surface area contributed by atoms with Gasteiger partial charge in [-0.3, -0.25) is 0 Å². The molecule has 0 unspecified atom stereocenters. The Morgan fingerprint density at radius 2 is 1.89 bits per heavy atom. The summed E-state index contributed by atoms with van der Waals surface area (Å²) in [7, 11) is 0. The van der Waals surface area contributed by atoms with Crippen molar-refractivity contribution in [3.8, 4) is 5.75 Å². The largest absolute Gasteiger partial charge is 0.489 e. The van der Waals surface area contributed by atoms with Gasteiger partial charge < -0.3 is 10.5 Å². The zero-order chi connectivity index (χ0) is 13.1. The molecule has 2 rings (SSSR count). The maximum Gasteiger partial charge on any atom is 0.149 e. The Kier molecular flexibility index (Phi) is 3.81. The summed E-state index contributed by atoms with van der Waals surface area (Å²) < 4.78 is 32.1. The molecule has 0 saturated heterocycles. The van der Waals surface area contributed by atoms with Crippen LogP contribution in [0, 0.1) is 11.6 Å². The van der Waals surface area contributed by atoms with E-state index in [-0.39, 0.29) is 18.1 Å².